The molecule has 3 rings (SSSR count). The van der Waals surface area contributed by atoms with E-state index >= 15 is 0 Å². The van der Waals surface area contributed by atoms with Crippen molar-refractivity contribution >= 4 is 16.8 Å². The fourth-order valence-corrected chi connectivity index (χ4v) is 2.19. The third kappa shape index (κ3) is 1.97. The van der Waals surface area contributed by atoms with Crippen LogP contribution >= 0.6 is 0 Å². The van der Waals surface area contributed by atoms with Gasteiger partial charge in [0, 0.05) is 10.9 Å². The first-order valence-electron chi connectivity index (χ1n) is 5.99. The molecule has 0 unspecified atom stereocenters. The number of aryl methyl sites for hydroxylation is 1. The van der Waals surface area contributed by atoms with E-state index in [9.17, 15) is 4.79 Å². The number of nitrogens with zero attached hydrogens (tertiary/aromatic N) is 1. The summed E-state index contributed by atoms with van der Waals surface area (Å²) in [6.07, 6.45) is 1.78. The summed E-state index contributed by atoms with van der Waals surface area (Å²) in [5.41, 5.74) is 9.97. The second-order valence-electron chi connectivity index (χ2n) is 4.57. The molecular formula is C15H13N3O. The molecule has 0 spiro atoms. The monoisotopic (exact) mass is 251 g/mol. The Labute approximate surface area is 110 Å². The molecule has 1 amide bonds. The molecule has 0 bridgehead atoms. The number of carbonyl (C=O) groups is 1. The van der Waals surface area contributed by atoms with E-state index in [-0.39, 0.29) is 0 Å². The van der Waals surface area contributed by atoms with E-state index in [1.165, 1.54) is 0 Å². The van der Waals surface area contributed by atoms with E-state index in [1.54, 1.807) is 12.3 Å². The number of nitrogens with two attached hydrogens (primary N) is 1. The number of hydrogen-bond acceptors (Lipinski definition) is 2. The highest BCUT2D eigenvalue weighted by molar-refractivity contribution is 5.95. The fourth-order valence-electron chi connectivity index (χ4n) is 2.19. The number of benzene rings is 2. The average molecular weight is 251 g/mol. The molecule has 2 aromatic carbocycles. The van der Waals surface area contributed by atoms with Crippen molar-refractivity contribution in [1.29, 1.82) is 0 Å². The third-order valence-corrected chi connectivity index (χ3v) is 3.28. The smallest absolute Gasteiger partial charge is 0.248 e. The lowest BCUT2D eigenvalue weighted by molar-refractivity contribution is 0.100. The van der Waals surface area contributed by atoms with Crippen LogP contribution < -0.4 is 5.73 Å². The molecule has 3 N–H and O–H groups in total. The van der Waals surface area contributed by atoms with Crippen molar-refractivity contribution in [3.8, 4) is 11.1 Å². The first kappa shape index (κ1) is 11.5. The van der Waals surface area contributed by atoms with E-state index in [1.807, 2.05) is 37.3 Å². The molecule has 0 aliphatic carbocycles. The van der Waals surface area contributed by atoms with Crippen molar-refractivity contribution in [2.24, 2.45) is 5.73 Å². The number of fused-ring (bicyclic) bond motifs is 1. The zero-order valence-electron chi connectivity index (χ0n) is 10.5. The largest absolute Gasteiger partial charge is 0.366 e. The molecule has 19 heavy (non-hydrogen) atoms. The summed E-state index contributed by atoms with van der Waals surface area (Å²) < 4.78 is 0. The number of nitrogens with one attached hydrogen (secondary N) is 1. The van der Waals surface area contributed by atoms with E-state index < -0.39 is 5.91 Å². The molecule has 1 aromatic heterocycles. The van der Waals surface area contributed by atoms with Gasteiger partial charge in [-0.15, -0.1) is 0 Å². The normalized spacial score (nSPS) is 10.8. The van der Waals surface area contributed by atoms with Crippen LogP contribution in [0.4, 0.5) is 0 Å². The molecule has 0 atom stereocenters. The second-order valence-corrected chi connectivity index (χ2v) is 4.57. The van der Waals surface area contributed by atoms with Crippen molar-refractivity contribution in [1.82, 2.24) is 10.2 Å². The van der Waals surface area contributed by atoms with Gasteiger partial charge in [-0.1, -0.05) is 18.2 Å². The minimum Gasteiger partial charge on any atom is -0.366 e. The number of aromatic amines is 1. The van der Waals surface area contributed by atoms with Crippen LogP contribution in [0.1, 0.15) is 15.9 Å². The maximum Gasteiger partial charge on any atom is 0.248 e. The standard InChI is InChI=1S/C15H13N3O/c1-9-2-3-11(15(16)19)6-13(9)10-4-5-12-8-17-18-14(12)7-10/h2-8H,1H3,(H2,16,19)(H,17,18). The van der Waals surface area contributed by atoms with E-state index in [0.717, 1.165) is 27.6 Å². The van der Waals surface area contributed by atoms with Gasteiger partial charge < -0.3 is 5.73 Å². The van der Waals surface area contributed by atoms with Crippen molar-refractivity contribution in [2.75, 3.05) is 0 Å². The number of rotatable bonds is 2. The number of primary amides is 1. The predicted molar refractivity (Wildman–Crippen MR) is 74.8 cm³/mol. The Morgan fingerprint density at radius 3 is 2.84 bits per heavy atom. The Morgan fingerprint density at radius 1 is 1.21 bits per heavy atom. The van der Waals surface area contributed by atoms with Gasteiger partial charge in [-0.3, -0.25) is 9.89 Å². The number of carbonyl (C=O) groups excluding carboxylic acids is 1. The molecule has 0 aliphatic rings. The van der Waals surface area contributed by atoms with E-state index in [2.05, 4.69) is 10.2 Å². The highest BCUT2D eigenvalue weighted by atomic mass is 16.1. The van der Waals surface area contributed by atoms with E-state index in [4.69, 9.17) is 5.73 Å². The Balaban J connectivity index is 2.19. The van der Waals surface area contributed by atoms with Gasteiger partial charge in [-0.2, -0.15) is 5.10 Å². The van der Waals surface area contributed by atoms with Crippen molar-refractivity contribution < 1.29 is 4.79 Å². The van der Waals surface area contributed by atoms with Crippen LogP contribution in [0, 0.1) is 6.92 Å². The Kier molecular flexibility index (Phi) is 2.56. The highest BCUT2D eigenvalue weighted by Crippen LogP contribution is 2.27. The molecule has 4 nitrogen and oxygen atoms in total. The van der Waals surface area contributed by atoms with Crippen LogP contribution in [-0.2, 0) is 0 Å². The molecule has 0 aliphatic heterocycles. The van der Waals surface area contributed by atoms with Crippen LogP contribution in [0.2, 0.25) is 0 Å². The van der Waals surface area contributed by atoms with Gasteiger partial charge in [-0.05, 0) is 41.8 Å². The Morgan fingerprint density at radius 2 is 2.05 bits per heavy atom. The minimum absolute atomic E-state index is 0.413. The van der Waals surface area contributed by atoms with Crippen LogP contribution in [0.5, 0.6) is 0 Å². The molecule has 4 heteroatoms. The summed E-state index contributed by atoms with van der Waals surface area (Å²) in [4.78, 5) is 11.3. The zero-order valence-corrected chi connectivity index (χ0v) is 10.5. The first-order chi connectivity index (χ1) is 9.15. The Bertz CT molecular complexity index is 774. The first-order valence-corrected chi connectivity index (χ1v) is 5.99. The minimum atomic E-state index is -0.413. The van der Waals surface area contributed by atoms with Crippen molar-refractivity contribution in [2.45, 2.75) is 6.92 Å². The van der Waals surface area contributed by atoms with Gasteiger partial charge in [0.1, 0.15) is 0 Å². The SMILES string of the molecule is Cc1ccc(C(N)=O)cc1-c1ccc2cn[nH]c2c1. The van der Waals surface area contributed by atoms with Crippen LogP contribution in [-0.4, -0.2) is 16.1 Å². The molecule has 0 saturated heterocycles. The number of hydrogen-bond donors (Lipinski definition) is 2. The number of aromatic nitrogens is 2. The molecule has 94 valence electrons. The van der Waals surface area contributed by atoms with Crippen molar-refractivity contribution in [3.63, 3.8) is 0 Å². The van der Waals surface area contributed by atoms with Crippen LogP contribution in [0.25, 0.3) is 22.0 Å². The van der Waals surface area contributed by atoms with Gasteiger partial charge in [0.25, 0.3) is 0 Å². The molecule has 1 heterocycles. The fraction of sp³-hybridized carbons (Fsp3) is 0.0667. The van der Waals surface area contributed by atoms with E-state index in [0.29, 0.717) is 5.56 Å². The highest BCUT2D eigenvalue weighted by Gasteiger charge is 2.07. The number of H-pyrrole nitrogens is 1. The Hall–Kier alpha value is -2.62. The second kappa shape index (κ2) is 4.24. The van der Waals surface area contributed by atoms with Gasteiger partial charge in [0.05, 0.1) is 11.7 Å². The van der Waals surface area contributed by atoms with Crippen LogP contribution in [0.3, 0.4) is 0 Å². The van der Waals surface area contributed by atoms with Gasteiger partial charge in [0.15, 0.2) is 0 Å². The summed E-state index contributed by atoms with van der Waals surface area (Å²) in [5.74, 6) is -0.413. The summed E-state index contributed by atoms with van der Waals surface area (Å²) in [6, 6.07) is 11.5. The lowest BCUT2D eigenvalue weighted by Gasteiger charge is -2.08. The predicted octanol–water partition coefficient (Wildman–Crippen LogP) is 2.64. The number of amides is 1. The molecular weight excluding hydrogens is 238 g/mol. The zero-order chi connectivity index (χ0) is 13.4. The van der Waals surface area contributed by atoms with Gasteiger partial charge >= 0.3 is 0 Å². The summed E-state index contributed by atoms with van der Waals surface area (Å²) in [7, 11) is 0. The lowest BCUT2D eigenvalue weighted by Crippen LogP contribution is -2.10. The van der Waals surface area contributed by atoms with Crippen LogP contribution in [0.15, 0.2) is 42.6 Å². The van der Waals surface area contributed by atoms with Gasteiger partial charge in [-0.25, -0.2) is 0 Å². The average Bonchev–Trinajstić information content (AvgIpc) is 2.86. The maximum absolute atomic E-state index is 11.3. The summed E-state index contributed by atoms with van der Waals surface area (Å²) in [5, 5.41) is 8.01. The molecule has 0 radical (unpaired) electrons. The maximum atomic E-state index is 11.3. The quantitative estimate of drug-likeness (QED) is 0.735. The third-order valence-electron chi connectivity index (χ3n) is 3.28. The summed E-state index contributed by atoms with van der Waals surface area (Å²) >= 11 is 0. The molecule has 0 saturated carbocycles. The lowest BCUT2D eigenvalue weighted by atomic mass is 9.97. The summed E-state index contributed by atoms with van der Waals surface area (Å²) in [6.45, 7) is 2.01. The molecule has 3 aromatic rings. The molecule has 0 fully saturated rings. The van der Waals surface area contributed by atoms with Crippen molar-refractivity contribution in [3.05, 3.63) is 53.7 Å². The topological polar surface area (TPSA) is 71.8 Å². The van der Waals surface area contributed by atoms with Gasteiger partial charge in [0.2, 0.25) is 5.91 Å².